The molecule has 68 heavy (non-hydrogen) atoms. The van der Waals surface area contributed by atoms with Gasteiger partial charge in [-0.2, -0.15) is 0 Å². The van der Waals surface area contributed by atoms with Crippen molar-refractivity contribution in [3.8, 4) is 0 Å². The zero-order chi connectivity index (χ0) is 49.6. The Morgan fingerprint density at radius 2 is 0.485 bits per heavy atom. The second kappa shape index (κ2) is 54.7. The third-order valence-electron chi connectivity index (χ3n) is 14.2. The Hall–Kier alpha value is -1.59. The molecule has 0 spiro atoms. The number of hydrogen-bond acceptors (Lipinski definition) is 6. The summed E-state index contributed by atoms with van der Waals surface area (Å²) < 4.78 is 16.9. The zero-order valence-corrected chi connectivity index (χ0v) is 46.7. The van der Waals surface area contributed by atoms with E-state index in [1.807, 2.05) is 0 Å². The lowest BCUT2D eigenvalue weighted by Crippen LogP contribution is -2.30. The van der Waals surface area contributed by atoms with Crippen molar-refractivity contribution >= 4 is 17.9 Å². The van der Waals surface area contributed by atoms with Crippen molar-refractivity contribution in [2.45, 2.75) is 355 Å². The largest absolute Gasteiger partial charge is 0.462 e. The fourth-order valence-corrected chi connectivity index (χ4v) is 9.58. The molecule has 0 saturated carbocycles. The van der Waals surface area contributed by atoms with Crippen molar-refractivity contribution in [3.05, 3.63) is 0 Å². The molecule has 0 saturated heterocycles. The van der Waals surface area contributed by atoms with E-state index < -0.39 is 6.10 Å². The van der Waals surface area contributed by atoms with Crippen LogP contribution in [0.2, 0.25) is 0 Å². The van der Waals surface area contributed by atoms with Gasteiger partial charge in [-0.25, -0.2) is 0 Å². The summed E-state index contributed by atoms with van der Waals surface area (Å²) in [6, 6.07) is 0. The van der Waals surface area contributed by atoms with Gasteiger partial charge in [0.25, 0.3) is 0 Å². The maximum atomic E-state index is 12.9. The average Bonchev–Trinajstić information content (AvgIpc) is 3.31. The maximum Gasteiger partial charge on any atom is 0.306 e. The third kappa shape index (κ3) is 55.3. The molecule has 1 atom stereocenters. The monoisotopic (exact) mass is 961 g/mol. The zero-order valence-electron chi connectivity index (χ0n) is 46.7. The van der Waals surface area contributed by atoms with E-state index in [4.69, 9.17) is 14.2 Å². The van der Waals surface area contributed by atoms with Crippen LogP contribution in [0.3, 0.4) is 0 Å². The summed E-state index contributed by atoms with van der Waals surface area (Å²) in [4.78, 5) is 38.2. The molecular weight excluding hydrogens is 841 g/mol. The van der Waals surface area contributed by atoms with E-state index in [0.29, 0.717) is 19.3 Å². The normalized spacial score (nSPS) is 12.0. The van der Waals surface area contributed by atoms with Gasteiger partial charge >= 0.3 is 17.9 Å². The summed E-state index contributed by atoms with van der Waals surface area (Å²) in [6.07, 6.45) is 59.5. The number of carbonyl (C=O) groups excluding carboxylic acids is 3. The molecule has 0 unspecified atom stereocenters. The van der Waals surface area contributed by atoms with Crippen molar-refractivity contribution < 1.29 is 28.6 Å². The van der Waals surface area contributed by atoms with Gasteiger partial charge in [0.15, 0.2) is 6.10 Å². The Bertz CT molecular complexity index is 1040. The molecule has 0 aliphatic rings. The fraction of sp³-hybridized carbons (Fsp3) is 0.952. The molecule has 0 aromatic carbocycles. The van der Waals surface area contributed by atoms with Gasteiger partial charge in [0, 0.05) is 19.3 Å². The summed E-state index contributed by atoms with van der Waals surface area (Å²) in [6.45, 7) is 11.4. The van der Waals surface area contributed by atoms with Crippen molar-refractivity contribution in [1.29, 1.82) is 0 Å². The number of hydrogen-bond donors (Lipinski definition) is 0. The first kappa shape index (κ1) is 66.4. The number of rotatable bonds is 56. The highest BCUT2D eigenvalue weighted by atomic mass is 16.6. The van der Waals surface area contributed by atoms with Gasteiger partial charge in [0.2, 0.25) is 0 Å². The first-order chi connectivity index (χ1) is 33.2. The van der Waals surface area contributed by atoms with E-state index in [1.54, 1.807) is 0 Å². The van der Waals surface area contributed by atoms with Crippen LogP contribution in [0.5, 0.6) is 0 Å². The van der Waals surface area contributed by atoms with E-state index in [9.17, 15) is 14.4 Å². The lowest BCUT2D eigenvalue weighted by atomic mass is 10.0. The third-order valence-corrected chi connectivity index (χ3v) is 14.2. The standard InChI is InChI=1S/C62H120O6/c1-6-7-8-9-10-11-12-13-14-15-16-22-27-32-37-42-47-52-60(63)66-55-59(68-62(65)54-49-44-39-34-29-24-19-21-26-31-36-41-46-51-58(4)5)56-67-61(64)53-48-43-38-33-28-23-18-17-20-25-30-35-40-45-50-57(2)3/h57-59H,6-56H2,1-5H3/t59-/m1/s1. The number of unbranched alkanes of at least 4 members (excludes halogenated alkanes) is 41. The highest BCUT2D eigenvalue weighted by Crippen LogP contribution is 2.19. The van der Waals surface area contributed by atoms with E-state index in [0.717, 1.165) is 69.6 Å². The van der Waals surface area contributed by atoms with Crippen LogP contribution in [0.1, 0.15) is 349 Å². The van der Waals surface area contributed by atoms with Crippen LogP contribution in [0.25, 0.3) is 0 Å². The topological polar surface area (TPSA) is 78.9 Å². The molecular formula is C62H120O6. The lowest BCUT2D eigenvalue weighted by Gasteiger charge is -2.18. The predicted octanol–water partition coefficient (Wildman–Crippen LogP) is 20.4. The quantitative estimate of drug-likeness (QED) is 0.0343. The Morgan fingerprint density at radius 1 is 0.279 bits per heavy atom. The fourth-order valence-electron chi connectivity index (χ4n) is 9.58. The van der Waals surface area contributed by atoms with Crippen LogP contribution < -0.4 is 0 Å². The predicted molar refractivity (Wildman–Crippen MR) is 293 cm³/mol. The summed E-state index contributed by atoms with van der Waals surface area (Å²) in [5, 5.41) is 0. The van der Waals surface area contributed by atoms with Gasteiger partial charge in [0.05, 0.1) is 0 Å². The summed E-state index contributed by atoms with van der Waals surface area (Å²) in [5.41, 5.74) is 0. The minimum Gasteiger partial charge on any atom is -0.462 e. The Balaban J connectivity index is 4.29. The van der Waals surface area contributed by atoms with E-state index in [1.165, 1.54) is 238 Å². The molecule has 0 aliphatic carbocycles. The Morgan fingerprint density at radius 3 is 0.721 bits per heavy atom. The molecule has 0 radical (unpaired) electrons. The highest BCUT2D eigenvalue weighted by molar-refractivity contribution is 5.71. The van der Waals surface area contributed by atoms with Gasteiger partial charge in [-0.3, -0.25) is 14.4 Å². The van der Waals surface area contributed by atoms with E-state index in [2.05, 4.69) is 34.6 Å². The second-order valence-corrected chi connectivity index (χ2v) is 22.3. The Labute approximate surface area is 425 Å². The van der Waals surface area contributed by atoms with Crippen LogP contribution in [0.15, 0.2) is 0 Å². The van der Waals surface area contributed by atoms with Crippen molar-refractivity contribution in [3.63, 3.8) is 0 Å². The minimum atomic E-state index is -0.763. The molecule has 6 heteroatoms. The minimum absolute atomic E-state index is 0.0621. The molecule has 0 heterocycles. The molecule has 0 N–H and O–H groups in total. The molecule has 0 bridgehead atoms. The number of carbonyl (C=O) groups is 3. The van der Waals surface area contributed by atoms with Crippen molar-refractivity contribution in [2.24, 2.45) is 11.8 Å². The van der Waals surface area contributed by atoms with Gasteiger partial charge in [-0.1, -0.05) is 311 Å². The maximum absolute atomic E-state index is 12.9. The van der Waals surface area contributed by atoms with Gasteiger partial charge in [0.1, 0.15) is 13.2 Å². The van der Waals surface area contributed by atoms with Crippen LogP contribution in [-0.4, -0.2) is 37.2 Å². The van der Waals surface area contributed by atoms with Gasteiger partial charge < -0.3 is 14.2 Å². The molecule has 0 amide bonds. The Kier molecular flexibility index (Phi) is 53.5. The smallest absolute Gasteiger partial charge is 0.306 e. The van der Waals surface area contributed by atoms with Crippen LogP contribution in [-0.2, 0) is 28.6 Å². The van der Waals surface area contributed by atoms with E-state index in [-0.39, 0.29) is 31.1 Å². The molecule has 0 rings (SSSR count). The lowest BCUT2D eigenvalue weighted by molar-refractivity contribution is -0.167. The molecule has 0 aromatic rings. The summed E-state index contributed by atoms with van der Waals surface area (Å²) in [5.74, 6) is 0.849. The average molecular weight is 962 g/mol. The first-order valence-corrected chi connectivity index (χ1v) is 30.7. The second-order valence-electron chi connectivity index (χ2n) is 22.3. The van der Waals surface area contributed by atoms with Crippen molar-refractivity contribution in [1.82, 2.24) is 0 Å². The molecule has 0 aromatic heterocycles. The van der Waals surface area contributed by atoms with Crippen molar-refractivity contribution in [2.75, 3.05) is 13.2 Å². The molecule has 0 fully saturated rings. The molecule has 6 nitrogen and oxygen atoms in total. The highest BCUT2D eigenvalue weighted by Gasteiger charge is 2.19. The molecule has 0 aliphatic heterocycles. The first-order valence-electron chi connectivity index (χ1n) is 30.7. The van der Waals surface area contributed by atoms with Gasteiger partial charge in [-0.05, 0) is 31.1 Å². The van der Waals surface area contributed by atoms with Gasteiger partial charge in [-0.15, -0.1) is 0 Å². The van der Waals surface area contributed by atoms with Crippen LogP contribution in [0, 0.1) is 11.8 Å². The van der Waals surface area contributed by atoms with Crippen LogP contribution >= 0.6 is 0 Å². The van der Waals surface area contributed by atoms with E-state index >= 15 is 0 Å². The number of esters is 3. The SMILES string of the molecule is CCCCCCCCCCCCCCCCCCCC(=O)OC[C@H](COC(=O)CCCCCCCCCCCCCCCCC(C)C)OC(=O)CCCCCCCCCCCCCCCC(C)C. The number of ether oxygens (including phenoxy) is 3. The molecule has 404 valence electrons. The summed E-state index contributed by atoms with van der Waals surface area (Å²) >= 11 is 0. The van der Waals surface area contributed by atoms with Crippen LogP contribution in [0.4, 0.5) is 0 Å². The summed E-state index contributed by atoms with van der Waals surface area (Å²) in [7, 11) is 0.